The summed E-state index contributed by atoms with van der Waals surface area (Å²) in [5, 5.41) is 4.77. The van der Waals surface area contributed by atoms with Gasteiger partial charge < -0.3 is 15.0 Å². The highest BCUT2D eigenvalue weighted by Gasteiger charge is 2.24. The van der Waals surface area contributed by atoms with E-state index < -0.39 is 10.0 Å². The lowest BCUT2D eigenvalue weighted by Crippen LogP contribution is -2.37. The number of ether oxygens (including phenoxy) is 1. The van der Waals surface area contributed by atoms with Gasteiger partial charge in [-0.1, -0.05) is 39.0 Å². The van der Waals surface area contributed by atoms with Crippen LogP contribution in [0.25, 0.3) is 0 Å². The molecule has 0 bridgehead atoms. The highest BCUT2D eigenvalue weighted by atomic mass is 32.2. The minimum atomic E-state index is -3.86. The van der Waals surface area contributed by atoms with Crippen LogP contribution in [0.5, 0.6) is 0 Å². The molecule has 1 aliphatic rings. The maximum atomic E-state index is 13.4. The Morgan fingerprint density at radius 2 is 1.65 bits per heavy atom. The maximum absolute atomic E-state index is 13.4. The van der Waals surface area contributed by atoms with Crippen molar-refractivity contribution in [3.8, 4) is 0 Å². The third-order valence-electron chi connectivity index (χ3n) is 6.64. The zero-order chi connectivity index (χ0) is 27.0. The smallest absolute Gasteiger partial charge is 0.267 e. The van der Waals surface area contributed by atoms with Crippen LogP contribution in [0.4, 0.5) is 17.1 Å². The highest BCUT2D eigenvalue weighted by Crippen LogP contribution is 2.35. The van der Waals surface area contributed by atoms with Crippen LogP contribution in [0.15, 0.2) is 46.7 Å². The van der Waals surface area contributed by atoms with Crippen LogP contribution in [-0.4, -0.2) is 40.6 Å². The number of carbonyl (C=O) groups is 1. The van der Waals surface area contributed by atoms with Gasteiger partial charge in [0.1, 0.15) is 4.88 Å². The fourth-order valence-electron chi connectivity index (χ4n) is 4.71. The lowest BCUT2D eigenvalue weighted by atomic mass is 9.87. The van der Waals surface area contributed by atoms with Crippen LogP contribution in [0, 0.1) is 20.8 Å². The number of aryl methyl sites for hydroxylation is 2. The highest BCUT2D eigenvalue weighted by molar-refractivity contribution is 7.92. The first kappa shape index (κ1) is 27.2. The van der Waals surface area contributed by atoms with Gasteiger partial charge in [0.25, 0.3) is 15.9 Å². The molecule has 1 aromatic heterocycles. The molecule has 0 unspecified atom stereocenters. The number of nitrogens with one attached hydrogen (secondary N) is 2. The molecule has 7 nitrogen and oxygen atoms in total. The predicted molar refractivity (Wildman–Crippen MR) is 152 cm³/mol. The Bertz CT molecular complexity index is 1400. The van der Waals surface area contributed by atoms with Crippen LogP contribution in [-0.2, 0) is 20.2 Å². The molecule has 9 heteroatoms. The summed E-state index contributed by atoms with van der Waals surface area (Å²) in [5.74, 6) is -0.348. The van der Waals surface area contributed by atoms with E-state index in [0.717, 1.165) is 46.7 Å². The molecule has 2 heterocycles. The molecule has 1 fully saturated rings. The monoisotopic (exact) mass is 541 g/mol. The molecule has 0 atom stereocenters. The number of hydrogen-bond donors (Lipinski definition) is 2. The second-order valence-electron chi connectivity index (χ2n) is 10.5. The Labute approximate surface area is 223 Å². The lowest BCUT2D eigenvalue weighted by Gasteiger charge is -2.32. The van der Waals surface area contributed by atoms with Gasteiger partial charge in [-0.15, -0.1) is 11.3 Å². The van der Waals surface area contributed by atoms with Crippen molar-refractivity contribution >= 4 is 44.3 Å². The normalized spacial score (nSPS) is 14.5. The summed E-state index contributed by atoms with van der Waals surface area (Å²) < 4.78 is 34.3. The van der Waals surface area contributed by atoms with Gasteiger partial charge in [-0.2, -0.15) is 0 Å². The van der Waals surface area contributed by atoms with Crippen molar-refractivity contribution in [2.24, 2.45) is 0 Å². The molecular weight excluding hydrogens is 506 g/mol. The van der Waals surface area contributed by atoms with Crippen molar-refractivity contribution in [1.29, 1.82) is 0 Å². The first-order valence-electron chi connectivity index (χ1n) is 12.3. The molecule has 37 heavy (non-hydrogen) atoms. The molecule has 198 valence electrons. The van der Waals surface area contributed by atoms with Crippen molar-refractivity contribution in [1.82, 2.24) is 0 Å². The summed E-state index contributed by atoms with van der Waals surface area (Å²) >= 11 is 1.20. The molecule has 1 amide bonds. The number of benzene rings is 2. The van der Waals surface area contributed by atoms with Crippen molar-refractivity contribution < 1.29 is 17.9 Å². The van der Waals surface area contributed by atoms with E-state index in [0.29, 0.717) is 18.1 Å². The average molecular weight is 542 g/mol. The number of nitrogens with zero attached hydrogens (tertiary/aromatic N) is 1. The van der Waals surface area contributed by atoms with E-state index in [1.807, 2.05) is 26.0 Å². The summed E-state index contributed by atoms with van der Waals surface area (Å²) in [6.45, 7) is 15.2. The van der Waals surface area contributed by atoms with Crippen molar-refractivity contribution in [3.05, 3.63) is 68.9 Å². The van der Waals surface area contributed by atoms with E-state index in [4.69, 9.17) is 4.74 Å². The predicted octanol–water partition coefficient (Wildman–Crippen LogP) is 5.86. The molecule has 2 aromatic carbocycles. The van der Waals surface area contributed by atoms with Crippen LogP contribution >= 0.6 is 11.3 Å². The number of morpholine rings is 1. The van der Waals surface area contributed by atoms with Gasteiger partial charge in [0.15, 0.2) is 0 Å². The van der Waals surface area contributed by atoms with Gasteiger partial charge in [0, 0.05) is 24.5 Å². The largest absolute Gasteiger partial charge is 0.378 e. The van der Waals surface area contributed by atoms with E-state index in [1.54, 1.807) is 23.6 Å². The second-order valence-corrected chi connectivity index (χ2v) is 13.1. The number of amides is 1. The number of thiophene rings is 1. The lowest BCUT2D eigenvalue weighted by molar-refractivity contribution is 0.103. The van der Waals surface area contributed by atoms with Gasteiger partial charge >= 0.3 is 0 Å². The van der Waals surface area contributed by atoms with Crippen LogP contribution in [0.2, 0.25) is 0 Å². The summed E-state index contributed by atoms with van der Waals surface area (Å²) in [4.78, 5) is 16.1. The topological polar surface area (TPSA) is 87.7 Å². The van der Waals surface area contributed by atoms with E-state index in [1.165, 1.54) is 11.3 Å². The first-order valence-corrected chi connectivity index (χ1v) is 14.7. The van der Waals surface area contributed by atoms with Gasteiger partial charge in [-0.3, -0.25) is 9.52 Å². The average Bonchev–Trinajstić information content (AvgIpc) is 3.29. The van der Waals surface area contributed by atoms with Gasteiger partial charge in [0.05, 0.1) is 23.8 Å². The fraction of sp³-hybridized carbons (Fsp3) is 0.393. The summed E-state index contributed by atoms with van der Waals surface area (Å²) in [7, 11) is -3.86. The SMILES string of the molecule is Cc1cc(C)c(N2CCOCC2)c(C)c1NC(=O)c1sccc1NS(=O)(=O)c1ccc(C(C)(C)C)cc1. The van der Waals surface area contributed by atoms with E-state index in [9.17, 15) is 13.2 Å². The molecule has 0 aliphatic carbocycles. The molecule has 3 aromatic rings. The minimum absolute atomic E-state index is 0.0811. The maximum Gasteiger partial charge on any atom is 0.267 e. The van der Waals surface area contributed by atoms with Crippen LogP contribution in [0.1, 0.15) is 52.7 Å². The third-order valence-corrected chi connectivity index (χ3v) is 8.94. The zero-order valence-electron chi connectivity index (χ0n) is 22.3. The standard InChI is InChI=1S/C28H35N3O4S2/c1-18-17-19(2)25(31-12-14-35-15-13-31)20(3)24(18)29-27(32)26-23(11-16-36-26)30-37(33,34)22-9-7-21(8-10-22)28(4,5)6/h7-11,16-17,30H,12-15H2,1-6H3,(H,29,32). The van der Waals surface area contributed by atoms with E-state index in [-0.39, 0.29) is 21.9 Å². The molecule has 1 saturated heterocycles. The molecule has 4 rings (SSSR count). The fourth-order valence-corrected chi connectivity index (χ4v) is 6.60. The van der Waals surface area contributed by atoms with E-state index in [2.05, 4.69) is 48.7 Å². The number of carbonyl (C=O) groups excluding carboxylic acids is 1. The molecule has 0 spiro atoms. The Morgan fingerprint density at radius 1 is 1.00 bits per heavy atom. The number of anilines is 3. The Balaban J connectivity index is 1.58. The van der Waals surface area contributed by atoms with Gasteiger partial charge in [0.2, 0.25) is 0 Å². The Morgan fingerprint density at radius 3 is 2.27 bits per heavy atom. The van der Waals surface area contributed by atoms with Crippen molar-refractivity contribution in [3.63, 3.8) is 0 Å². The number of rotatable bonds is 6. The second kappa shape index (κ2) is 10.5. The Hall–Kier alpha value is -2.88. The van der Waals surface area contributed by atoms with Crippen LogP contribution in [0.3, 0.4) is 0 Å². The first-order chi connectivity index (χ1) is 17.4. The van der Waals surface area contributed by atoms with Gasteiger partial charge in [-0.25, -0.2) is 8.42 Å². The van der Waals surface area contributed by atoms with Crippen LogP contribution < -0.4 is 14.9 Å². The molecular formula is C28H35N3O4S2. The quantitative estimate of drug-likeness (QED) is 0.408. The van der Waals surface area contributed by atoms with Crippen molar-refractivity contribution in [2.75, 3.05) is 41.2 Å². The zero-order valence-corrected chi connectivity index (χ0v) is 23.9. The third kappa shape index (κ3) is 5.84. The molecule has 0 radical (unpaired) electrons. The Kier molecular flexibility index (Phi) is 7.69. The number of sulfonamides is 1. The molecule has 2 N–H and O–H groups in total. The van der Waals surface area contributed by atoms with Crippen molar-refractivity contribution in [2.45, 2.75) is 51.9 Å². The van der Waals surface area contributed by atoms with E-state index >= 15 is 0 Å². The molecule has 1 aliphatic heterocycles. The summed E-state index contributed by atoms with van der Waals surface area (Å²) in [5.41, 5.74) is 6.18. The minimum Gasteiger partial charge on any atom is -0.378 e. The van der Waals surface area contributed by atoms with Gasteiger partial charge in [-0.05, 0) is 72.0 Å². The summed E-state index contributed by atoms with van der Waals surface area (Å²) in [6, 6.07) is 10.5. The molecule has 0 saturated carbocycles. The summed E-state index contributed by atoms with van der Waals surface area (Å²) in [6.07, 6.45) is 0. The number of hydrogen-bond acceptors (Lipinski definition) is 6.